The van der Waals surface area contributed by atoms with Crippen LogP contribution in [0.4, 0.5) is 32.6 Å². The lowest BCUT2D eigenvalue weighted by atomic mass is 9.71. The van der Waals surface area contributed by atoms with E-state index in [4.69, 9.17) is 4.98 Å². The topological polar surface area (TPSA) is 132 Å². The second kappa shape index (κ2) is 11.5. The summed E-state index contributed by atoms with van der Waals surface area (Å²) in [5.74, 6) is 1.13. The van der Waals surface area contributed by atoms with Crippen molar-refractivity contribution in [1.82, 2.24) is 24.7 Å². The van der Waals surface area contributed by atoms with Gasteiger partial charge in [-0.05, 0) is 68.2 Å². The monoisotopic (exact) mass is 573 g/mol. The predicted octanol–water partition coefficient (Wildman–Crippen LogP) is 3.79. The number of likely N-dealkylation sites (N-methyl/N-ethyl adjacent to an activating group) is 1. The molecule has 0 unspecified atom stereocenters. The van der Waals surface area contributed by atoms with Crippen molar-refractivity contribution in [3.8, 4) is 6.07 Å². The number of urea groups is 1. The molecule has 4 saturated heterocycles. The lowest BCUT2D eigenvalue weighted by Gasteiger charge is -2.46. The Bertz CT molecular complexity index is 1340. The number of carboxylic acid groups (broad SMARTS) is 1. The molecule has 6 rings (SSSR count). The van der Waals surface area contributed by atoms with Gasteiger partial charge >= 0.3 is 12.1 Å². The Labute approximate surface area is 246 Å². The molecular formula is C30H39N9O3. The molecule has 4 aliphatic rings. The molecule has 4 fully saturated rings. The Morgan fingerprint density at radius 2 is 1.74 bits per heavy atom. The number of hydrogen-bond donors (Lipinski definition) is 2. The summed E-state index contributed by atoms with van der Waals surface area (Å²) < 4.78 is 0. The van der Waals surface area contributed by atoms with Gasteiger partial charge in [-0.2, -0.15) is 5.26 Å². The van der Waals surface area contributed by atoms with Crippen LogP contribution in [0.25, 0.3) is 0 Å². The molecule has 12 nitrogen and oxygen atoms in total. The maximum absolute atomic E-state index is 12.6. The van der Waals surface area contributed by atoms with Crippen LogP contribution in [-0.4, -0.2) is 107 Å². The summed E-state index contributed by atoms with van der Waals surface area (Å²) in [5.41, 5.74) is 2.48. The van der Waals surface area contributed by atoms with Crippen molar-refractivity contribution in [3.05, 3.63) is 36.2 Å². The lowest BCUT2D eigenvalue weighted by Crippen LogP contribution is -2.49. The first-order valence-corrected chi connectivity index (χ1v) is 15.0. The summed E-state index contributed by atoms with van der Waals surface area (Å²) in [5, 5.41) is 22.3. The van der Waals surface area contributed by atoms with Crippen LogP contribution in [0, 0.1) is 16.7 Å². The largest absolute Gasteiger partial charge is 0.465 e. The highest BCUT2D eigenvalue weighted by Crippen LogP contribution is 2.42. The van der Waals surface area contributed by atoms with Crippen molar-refractivity contribution < 1.29 is 14.7 Å². The van der Waals surface area contributed by atoms with Gasteiger partial charge in [0.15, 0.2) is 11.5 Å². The van der Waals surface area contributed by atoms with Crippen LogP contribution in [0.5, 0.6) is 0 Å². The van der Waals surface area contributed by atoms with E-state index in [1.54, 1.807) is 16.0 Å². The summed E-state index contributed by atoms with van der Waals surface area (Å²) in [7, 11) is 1.84. The molecule has 3 amide bonds. The zero-order valence-electron chi connectivity index (χ0n) is 24.2. The Balaban J connectivity index is 1.08. The standard InChI is InChI=1S/C30H39N9O3/c1-35-17-18-39(28(35)40)24-3-2-12-38(21-24)26-20-32-25(19-31)27(34-26)33-22-4-6-23(7-5-22)36-13-8-30(9-14-36)10-15-37(16-11-30)29(41)42/h4-7,20,24H,2-3,8-18,21H2,1H3,(H,33,34)(H,41,42)/t24-/m1/s1. The van der Waals surface area contributed by atoms with Crippen LogP contribution in [0.3, 0.4) is 0 Å². The van der Waals surface area contributed by atoms with E-state index in [2.05, 4.69) is 38.3 Å². The molecule has 2 N–H and O–H groups in total. The smallest absolute Gasteiger partial charge is 0.407 e. The van der Waals surface area contributed by atoms with E-state index in [0.29, 0.717) is 31.3 Å². The van der Waals surface area contributed by atoms with Gasteiger partial charge < -0.3 is 34.9 Å². The third-order valence-corrected chi connectivity index (χ3v) is 9.69. The third-order valence-electron chi connectivity index (χ3n) is 9.69. The van der Waals surface area contributed by atoms with E-state index in [0.717, 1.165) is 82.6 Å². The summed E-state index contributed by atoms with van der Waals surface area (Å²) in [4.78, 5) is 42.9. The summed E-state index contributed by atoms with van der Waals surface area (Å²) in [6.07, 6.45) is 6.83. The molecule has 1 spiro atoms. The van der Waals surface area contributed by atoms with Crippen LogP contribution in [0.1, 0.15) is 44.2 Å². The zero-order chi connectivity index (χ0) is 29.3. The molecule has 0 bridgehead atoms. The molecule has 4 aliphatic heterocycles. The maximum Gasteiger partial charge on any atom is 0.407 e. The first kappa shape index (κ1) is 27.9. The number of likely N-dealkylation sites (tertiary alicyclic amines) is 1. The predicted molar refractivity (Wildman–Crippen MR) is 159 cm³/mol. The van der Waals surface area contributed by atoms with E-state index in [1.807, 2.05) is 24.1 Å². The molecule has 12 heteroatoms. The van der Waals surface area contributed by atoms with Crippen LogP contribution >= 0.6 is 0 Å². The normalized spacial score (nSPS) is 22.4. The highest BCUT2D eigenvalue weighted by atomic mass is 16.4. The van der Waals surface area contributed by atoms with Crippen LogP contribution < -0.4 is 15.1 Å². The average Bonchev–Trinajstić information content (AvgIpc) is 3.36. The highest BCUT2D eigenvalue weighted by Gasteiger charge is 2.39. The van der Waals surface area contributed by atoms with E-state index in [9.17, 15) is 20.0 Å². The van der Waals surface area contributed by atoms with Crippen LogP contribution in [-0.2, 0) is 0 Å². The minimum Gasteiger partial charge on any atom is -0.465 e. The molecule has 0 saturated carbocycles. The van der Waals surface area contributed by atoms with Gasteiger partial charge in [-0.1, -0.05) is 0 Å². The number of hydrogen-bond acceptors (Lipinski definition) is 8. The van der Waals surface area contributed by atoms with Crippen molar-refractivity contribution in [2.75, 3.05) is 74.5 Å². The second-order valence-electron chi connectivity index (χ2n) is 12.1. The van der Waals surface area contributed by atoms with E-state index in [-0.39, 0.29) is 23.2 Å². The number of nitrogens with one attached hydrogen (secondary N) is 1. The van der Waals surface area contributed by atoms with Crippen LogP contribution in [0.15, 0.2) is 30.5 Å². The fraction of sp³-hybridized carbons (Fsp3) is 0.567. The van der Waals surface area contributed by atoms with E-state index >= 15 is 0 Å². The molecule has 1 aromatic heterocycles. The molecule has 5 heterocycles. The molecule has 42 heavy (non-hydrogen) atoms. The van der Waals surface area contributed by atoms with Crippen LogP contribution in [0.2, 0.25) is 0 Å². The van der Waals surface area contributed by atoms with Gasteiger partial charge in [0.05, 0.1) is 12.2 Å². The molecule has 1 atom stereocenters. The number of nitriles is 1. The minimum atomic E-state index is -0.806. The second-order valence-corrected chi connectivity index (χ2v) is 12.1. The van der Waals surface area contributed by atoms with Gasteiger partial charge in [-0.15, -0.1) is 0 Å². The van der Waals surface area contributed by atoms with Crippen molar-refractivity contribution >= 4 is 35.1 Å². The number of amides is 3. The molecule has 0 radical (unpaired) electrons. The lowest BCUT2D eigenvalue weighted by molar-refractivity contribution is 0.0736. The Morgan fingerprint density at radius 3 is 2.38 bits per heavy atom. The Hall–Kier alpha value is -4.27. The molecular weight excluding hydrogens is 534 g/mol. The molecule has 2 aromatic rings. The van der Waals surface area contributed by atoms with E-state index < -0.39 is 6.09 Å². The van der Waals surface area contributed by atoms with Gasteiger partial charge in [0.2, 0.25) is 0 Å². The van der Waals surface area contributed by atoms with Crippen molar-refractivity contribution in [2.45, 2.75) is 44.6 Å². The van der Waals surface area contributed by atoms with Gasteiger partial charge in [-0.25, -0.2) is 19.6 Å². The van der Waals surface area contributed by atoms with Gasteiger partial charge in [-0.3, -0.25) is 0 Å². The van der Waals surface area contributed by atoms with Crippen molar-refractivity contribution in [1.29, 1.82) is 5.26 Å². The fourth-order valence-corrected chi connectivity index (χ4v) is 6.93. The number of piperidine rings is 3. The first-order chi connectivity index (χ1) is 20.3. The zero-order valence-corrected chi connectivity index (χ0v) is 24.2. The number of carbonyl (C=O) groups excluding carboxylic acids is 1. The first-order valence-electron chi connectivity index (χ1n) is 15.0. The quantitative estimate of drug-likeness (QED) is 0.548. The Morgan fingerprint density at radius 1 is 1.02 bits per heavy atom. The SMILES string of the molecule is CN1CCN([C@@H]2CCCN(c3cnc(C#N)c(Nc4ccc(N5CCC6(CCN(C(=O)O)CC6)CC5)cc4)n3)C2)C1=O. The highest BCUT2D eigenvalue weighted by molar-refractivity contribution is 5.76. The minimum absolute atomic E-state index is 0.0868. The summed E-state index contributed by atoms with van der Waals surface area (Å²) in [6, 6.07) is 10.6. The Kier molecular flexibility index (Phi) is 7.66. The van der Waals surface area contributed by atoms with Crippen molar-refractivity contribution in [3.63, 3.8) is 0 Å². The van der Waals surface area contributed by atoms with Gasteiger partial charge in [0.25, 0.3) is 0 Å². The number of nitrogens with zero attached hydrogens (tertiary/aromatic N) is 8. The molecule has 0 aliphatic carbocycles. The number of aromatic nitrogens is 2. The van der Waals surface area contributed by atoms with Gasteiger partial charge in [0, 0.05) is 70.8 Å². The molecule has 1 aromatic carbocycles. The fourth-order valence-electron chi connectivity index (χ4n) is 6.93. The number of anilines is 4. The maximum atomic E-state index is 12.6. The third kappa shape index (κ3) is 5.60. The van der Waals surface area contributed by atoms with E-state index in [1.165, 1.54) is 0 Å². The summed E-state index contributed by atoms with van der Waals surface area (Å²) >= 11 is 0. The summed E-state index contributed by atoms with van der Waals surface area (Å²) in [6.45, 7) is 6.23. The van der Waals surface area contributed by atoms with Gasteiger partial charge in [0.1, 0.15) is 11.9 Å². The number of carbonyl (C=O) groups is 2. The average molecular weight is 574 g/mol. The number of benzene rings is 1. The molecule has 222 valence electrons. The van der Waals surface area contributed by atoms with Crippen molar-refractivity contribution in [2.24, 2.45) is 5.41 Å². The number of rotatable bonds is 5.